The van der Waals surface area contributed by atoms with Crippen molar-refractivity contribution in [2.24, 2.45) is 0 Å². The van der Waals surface area contributed by atoms with E-state index in [1.165, 1.54) is 0 Å². The Bertz CT molecular complexity index is 403. The number of nitrogens with one attached hydrogen (secondary N) is 1. The van der Waals surface area contributed by atoms with Gasteiger partial charge in [-0.15, -0.1) is 11.8 Å². The van der Waals surface area contributed by atoms with Crippen LogP contribution in [0.4, 0.5) is 0 Å². The molecule has 0 aromatic heterocycles. The summed E-state index contributed by atoms with van der Waals surface area (Å²) in [5.74, 6) is 0.125. The van der Waals surface area contributed by atoms with Crippen molar-refractivity contribution in [3.63, 3.8) is 0 Å². The van der Waals surface area contributed by atoms with E-state index in [1.54, 1.807) is 18.8 Å². The number of carbonyl (C=O) groups is 2. The van der Waals surface area contributed by atoms with Gasteiger partial charge in [0.1, 0.15) is 0 Å². The first-order valence-electron chi connectivity index (χ1n) is 5.76. The summed E-state index contributed by atoms with van der Waals surface area (Å²) in [5.41, 5.74) is 0.803. The molecule has 18 heavy (non-hydrogen) atoms. The lowest BCUT2D eigenvalue weighted by Crippen LogP contribution is -2.17. The largest absolute Gasteiger partial charge is 0.481 e. The summed E-state index contributed by atoms with van der Waals surface area (Å²) in [6.07, 6.45) is 1.43. The van der Waals surface area contributed by atoms with Gasteiger partial charge in [0.2, 0.25) is 5.91 Å². The van der Waals surface area contributed by atoms with Gasteiger partial charge in [-0.3, -0.25) is 9.59 Å². The van der Waals surface area contributed by atoms with Crippen LogP contribution in [0.1, 0.15) is 18.4 Å². The Morgan fingerprint density at radius 3 is 2.50 bits per heavy atom. The minimum atomic E-state index is -0.819. The van der Waals surface area contributed by atoms with E-state index in [1.807, 2.05) is 24.3 Å². The van der Waals surface area contributed by atoms with Gasteiger partial charge in [0.05, 0.1) is 6.42 Å². The number of aliphatic carboxylic acids is 1. The van der Waals surface area contributed by atoms with Crippen molar-refractivity contribution in [3.05, 3.63) is 29.8 Å². The van der Waals surface area contributed by atoms with Crippen LogP contribution in [0.3, 0.4) is 0 Å². The van der Waals surface area contributed by atoms with Crippen LogP contribution in [-0.4, -0.2) is 29.8 Å². The SMILES string of the molecule is CNC(=O)CCCSc1ccc(CC(=O)O)cc1. The maximum atomic E-state index is 11.0. The summed E-state index contributed by atoms with van der Waals surface area (Å²) in [6, 6.07) is 7.50. The molecule has 0 aliphatic rings. The van der Waals surface area contributed by atoms with Crippen molar-refractivity contribution in [3.8, 4) is 0 Å². The predicted octanol–water partition coefficient (Wildman–Crippen LogP) is 1.93. The van der Waals surface area contributed by atoms with E-state index in [2.05, 4.69) is 5.32 Å². The van der Waals surface area contributed by atoms with E-state index < -0.39 is 5.97 Å². The van der Waals surface area contributed by atoms with Gasteiger partial charge in [-0.05, 0) is 29.9 Å². The fourth-order valence-corrected chi connectivity index (χ4v) is 2.28. The minimum Gasteiger partial charge on any atom is -0.481 e. The second-order valence-electron chi connectivity index (χ2n) is 3.84. The third-order valence-corrected chi connectivity index (χ3v) is 3.47. The van der Waals surface area contributed by atoms with Gasteiger partial charge in [0, 0.05) is 18.4 Å². The normalized spacial score (nSPS) is 10.1. The molecule has 1 amide bonds. The highest BCUT2D eigenvalue weighted by Crippen LogP contribution is 2.19. The number of hydrogen-bond acceptors (Lipinski definition) is 3. The van der Waals surface area contributed by atoms with Crippen molar-refractivity contribution in [1.82, 2.24) is 5.32 Å². The van der Waals surface area contributed by atoms with Crippen LogP contribution in [0.5, 0.6) is 0 Å². The smallest absolute Gasteiger partial charge is 0.307 e. The molecule has 0 saturated carbocycles. The molecule has 0 aliphatic carbocycles. The van der Waals surface area contributed by atoms with E-state index in [0.29, 0.717) is 6.42 Å². The van der Waals surface area contributed by atoms with Crippen molar-refractivity contribution in [1.29, 1.82) is 0 Å². The molecule has 0 fully saturated rings. The maximum Gasteiger partial charge on any atom is 0.307 e. The Hall–Kier alpha value is -1.49. The van der Waals surface area contributed by atoms with Crippen LogP contribution in [0.25, 0.3) is 0 Å². The molecule has 0 radical (unpaired) electrons. The predicted molar refractivity (Wildman–Crippen MR) is 71.8 cm³/mol. The average Bonchev–Trinajstić information content (AvgIpc) is 2.35. The summed E-state index contributed by atoms with van der Waals surface area (Å²) >= 11 is 1.67. The molecule has 4 nitrogen and oxygen atoms in total. The molecule has 98 valence electrons. The number of carboxylic acids is 1. The van der Waals surface area contributed by atoms with E-state index >= 15 is 0 Å². The summed E-state index contributed by atoms with van der Waals surface area (Å²) in [4.78, 5) is 22.6. The third kappa shape index (κ3) is 5.72. The summed E-state index contributed by atoms with van der Waals surface area (Å²) < 4.78 is 0. The highest BCUT2D eigenvalue weighted by atomic mass is 32.2. The van der Waals surface area contributed by atoms with Gasteiger partial charge in [-0.1, -0.05) is 12.1 Å². The topological polar surface area (TPSA) is 66.4 Å². The molecule has 0 atom stereocenters. The molecule has 1 rings (SSSR count). The Kier molecular flexibility index (Phi) is 6.28. The van der Waals surface area contributed by atoms with E-state index in [9.17, 15) is 9.59 Å². The number of carbonyl (C=O) groups excluding carboxylic acids is 1. The molecular weight excluding hydrogens is 250 g/mol. The molecule has 0 unspecified atom stereocenters. The zero-order valence-electron chi connectivity index (χ0n) is 10.3. The second kappa shape index (κ2) is 7.76. The average molecular weight is 267 g/mol. The van der Waals surface area contributed by atoms with Crippen LogP contribution in [0, 0.1) is 0 Å². The van der Waals surface area contributed by atoms with Crippen LogP contribution in [0.2, 0.25) is 0 Å². The minimum absolute atomic E-state index is 0.0572. The fraction of sp³-hybridized carbons (Fsp3) is 0.385. The lowest BCUT2D eigenvalue weighted by Gasteiger charge is -2.03. The van der Waals surface area contributed by atoms with Crippen LogP contribution in [0.15, 0.2) is 29.2 Å². The standard InChI is InChI=1S/C13H17NO3S/c1-14-12(15)3-2-8-18-11-6-4-10(5-7-11)9-13(16)17/h4-7H,2-3,8-9H2,1H3,(H,14,15)(H,16,17). The van der Waals surface area contributed by atoms with Crippen molar-refractivity contribution in [2.75, 3.05) is 12.8 Å². The first kappa shape index (κ1) is 14.6. The van der Waals surface area contributed by atoms with E-state index in [-0.39, 0.29) is 12.3 Å². The second-order valence-corrected chi connectivity index (χ2v) is 5.01. The Labute approximate surface area is 111 Å². The highest BCUT2D eigenvalue weighted by Gasteiger charge is 2.01. The van der Waals surface area contributed by atoms with Gasteiger partial charge >= 0.3 is 5.97 Å². The molecule has 1 aromatic rings. The fourth-order valence-electron chi connectivity index (χ4n) is 1.43. The highest BCUT2D eigenvalue weighted by molar-refractivity contribution is 7.99. The van der Waals surface area contributed by atoms with Gasteiger partial charge in [-0.2, -0.15) is 0 Å². The van der Waals surface area contributed by atoms with Gasteiger partial charge in [0.15, 0.2) is 0 Å². The van der Waals surface area contributed by atoms with E-state index in [4.69, 9.17) is 5.11 Å². The summed E-state index contributed by atoms with van der Waals surface area (Å²) in [7, 11) is 1.64. The zero-order chi connectivity index (χ0) is 13.4. The number of carboxylic acid groups (broad SMARTS) is 1. The number of benzene rings is 1. The number of hydrogen-bond donors (Lipinski definition) is 2. The summed E-state index contributed by atoms with van der Waals surface area (Å²) in [6.45, 7) is 0. The van der Waals surface area contributed by atoms with Gasteiger partial charge in [-0.25, -0.2) is 0 Å². The Morgan fingerprint density at radius 2 is 1.94 bits per heavy atom. The first-order chi connectivity index (χ1) is 8.61. The molecule has 5 heteroatoms. The molecule has 1 aromatic carbocycles. The van der Waals surface area contributed by atoms with Crippen LogP contribution >= 0.6 is 11.8 Å². The van der Waals surface area contributed by atoms with Gasteiger partial charge < -0.3 is 10.4 Å². The van der Waals surface area contributed by atoms with Gasteiger partial charge in [0.25, 0.3) is 0 Å². The molecule has 0 aliphatic heterocycles. The molecule has 0 spiro atoms. The first-order valence-corrected chi connectivity index (χ1v) is 6.74. The molecular formula is C13H17NO3S. The monoisotopic (exact) mass is 267 g/mol. The number of amides is 1. The van der Waals surface area contributed by atoms with Crippen molar-refractivity contribution >= 4 is 23.6 Å². The van der Waals surface area contributed by atoms with Crippen molar-refractivity contribution in [2.45, 2.75) is 24.2 Å². The Balaban J connectivity index is 2.31. The Morgan fingerprint density at radius 1 is 1.28 bits per heavy atom. The van der Waals surface area contributed by atoms with E-state index in [0.717, 1.165) is 22.6 Å². The number of thioether (sulfide) groups is 1. The zero-order valence-corrected chi connectivity index (χ0v) is 11.1. The van der Waals surface area contributed by atoms with Crippen LogP contribution < -0.4 is 5.32 Å². The summed E-state index contributed by atoms with van der Waals surface area (Å²) in [5, 5.41) is 11.2. The lowest BCUT2D eigenvalue weighted by atomic mass is 10.2. The molecule has 0 heterocycles. The quantitative estimate of drug-likeness (QED) is 0.585. The third-order valence-electron chi connectivity index (χ3n) is 2.37. The molecule has 0 bridgehead atoms. The maximum absolute atomic E-state index is 11.0. The van der Waals surface area contributed by atoms with Crippen LogP contribution in [-0.2, 0) is 16.0 Å². The number of rotatable bonds is 7. The lowest BCUT2D eigenvalue weighted by molar-refractivity contribution is -0.136. The molecule has 2 N–H and O–H groups in total. The molecule has 0 saturated heterocycles. The van der Waals surface area contributed by atoms with Crippen molar-refractivity contribution < 1.29 is 14.7 Å².